The molecule has 3 aromatic rings. The number of anilines is 1. The van der Waals surface area contributed by atoms with E-state index in [0.29, 0.717) is 26.3 Å². The van der Waals surface area contributed by atoms with Gasteiger partial charge in [0.15, 0.2) is 11.0 Å². The van der Waals surface area contributed by atoms with Crippen molar-refractivity contribution in [2.45, 2.75) is 55.4 Å². The van der Waals surface area contributed by atoms with Crippen molar-refractivity contribution in [3.05, 3.63) is 39.4 Å². The minimum absolute atomic E-state index is 0.178. The number of hydrogen-bond donors (Lipinski definition) is 2. The van der Waals surface area contributed by atoms with Gasteiger partial charge in [0.05, 0.1) is 21.0 Å². The van der Waals surface area contributed by atoms with Crippen molar-refractivity contribution >= 4 is 57.3 Å². The van der Waals surface area contributed by atoms with Gasteiger partial charge < -0.3 is 11.2 Å². The first kappa shape index (κ1) is 22.4. The molecular formula is C20H22Cl2N6OS2. The van der Waals surface area contributed by atoms with E-state index in [4.69, 9.17) is 29.0 Å². The Morgan fingerprint density at radius 3 is 2.77 bits per heavy atom. The van der Waals surface area contributed by atoms with Crippen LogP contribution in [-0.4, -0.2) is 31.0 Å². The zero-order valence-corrected chi connectivity index (χ0v) is 20.0. The number of amides is 1. The maximum atomic E-state index is 12.7. The molecule has 0 unspecified atom stereocenters. The van der Waals surface area contributed by atoms with Crippen molar-refractivity contribution in [3.63, 3.8) is 0 Å². The SMILES string of the molecule is C[C@@H](Sc1nnc(C2CCCCC2)n1N)C(=O)Nc1nc(-c2ccc(Cl)c(Cl)c2)cs1. The third-order valence-corrected chi connectivity index (χ3v) is 7.82. The first-order chi connectivity index (χ1) is 14.9. The molecule has 0 bridgehead atoms. The summed E-state index contributed by atoms with van der Waals surface area (Å²) < 4.78 is 1.54. The van der Waals surface area contributed by atoms with E-state index in [1.165, 1.54) is 47.0 Å². The molecule has 2 heterocycles. The van der Waals surface area contributed by atoms with Gasteiger partial charge in [0.25, 0.3) is 0 Å². The Morgan fingerprint density at radius 1 is 1.26 bits per heavy atom. The Balaban J connectivity index is 1.39. The minimum atomic E-state index is -0.414. The Bertz CT molecular complexity index is 1080. The molecule has 0 aliphatic heterocycles. The van der Waals surface area contributed by atoms with Crippen LogP contribution in [0.3, 0.4) is 0 Å². The van der Waals surface area contributed by atoms with Crippen molar-refractivity contribution in [2.75, 3.05) is 11.2 Å². The molecule has 0 spiro atoms. The number of aromatic nitrogens is 4. The molecule has 11 heteroatoms. The number of hydrogen-bond acceptors (Lipinski definition) is 7. The van der Waals surface area contributed by atoms with Crippen LogP contribution in [0, 0.1) is 0 Å². The highest BCUT2D eigenvalue weighted by atomic mass is 35.5. The van der Waals surface area contributed by atoms with Gasteiger partial charge in [-0.05, 0) is 31.9 Å². The molecule has 1 saturated carbocycles. The zero-order valence-electron chi connectivity index (χ0n) is 16.8. The number of halogens is 2. The summed E-state index contributed by atoms with van der Waals surface area (Å²) in [5, 5.41) is 14.8. The van der Waals surface area contributed by atoms with Crippen molar-refractivity contribution in [3.8, 4) is 11.3 Å². The number of thiazole rings is 1. The lowest BCUT2D eigenvalue weighted by atomic mass is 9.89. The summed E-state index contributed by atoms with van der Waals surface area (Å²) in [4.78, 5) is 17.2. The molecule has 31 heavy (non-hydrogen) atoms. The van der Waals surface area contributed by atoms with Crippen molar-refractivity contribution < 1.29 is 4.79 Å². The number of thioether (sulfide) groups is 1. The molecule has 4 rings (SSSR count). The molecule has 1 aliphatic rings. The lowest BCUT2D eigenvalue weighted by molar-refractivity contribution is -0.115. The van der Waals surface area contributed by atoms with Gasteiger partial charge in [-0.1, -0.05) is 60.3 Å². The molecule has 1 aromatic carbocycles. The van der Waals surface area contributed by atoms with Gasteiger partial charge in [0, 0.05) is 16.9 Å². The summed E-state index contributed by atoms with van der Waals surface area (Å²) >= 11 is 14.7. The van der Waals surface area contributed by atoms with Crippen LogP contribution in [0.4, 0.5) is 5.13 Å². The largest absolute Gasteiger partial charge is 0.336 e. The van der Waals surface area contributed by atoms with Crippen LogP contribution in [0.15, 0.2) is 28.7 Å². The number of nitrogens with two attached hydrogens (primary N) is 1. The van der Waals surface area contributed by atoms with E-state index >= 15 is 0 Å². The highest BCUT2D eigenvalue weighted by molar-refractivity contribution is 8.00. The molecular weight excluding hydrogens is 475 g/mol. The van der Waals surface area contributed by atoms with E-state index in [1.807, 2.05) is 18.4 Å². The van der Waals surface area contributed by atoms with Crippen LogP contribution < -0.4 is 11.2 Å². The van der Waals surface area contributed by atoms with Gasteiger partial charge in [-0.2, -0.15) is 0 Å². The standard InChI is InChI=1S/C20H22Cl2N6OS2/c1-11(31-20-27-26-17(28(20)23)12-5-3-2-4-6-12)18(29)25-19-24-16(10-30-19)13-7-8-14(21)15(22)9-13/h7-12H,2-6,23H2,1H3,(H,24,25,29)/t11-/m1/s1. The van der Waals surface area contributed by atoms with E-state index in [9.17, 15) is 4.79 Å². The summed E-state index contributed by atoms with van der Waals surface area (Å²) in [6.45, 7) is 1.81. The quantitative estimate of drug-likeness (QED) is 0.340. The second-order valence-corrected chi connectivity index (χ2v) is 10.4. The summed E-state index contributed by atoms with van der Waals surface area (Å²) in [5.74, 6) is 7.21. The maximum Gasteiger partial charge on any atom is 0.239 e. The van der Waals surface area contributed by atoms with E-state index in [0.717, 1.165) is 29.9 Å². The molecule has 1 amide bonds. The number of nitrogens with one attached hydrogen (secondary N) is 1. The number of nitrogens with zero attached hydrogens (tertiary/aromatic N) is 4. The smallest absolute Gasteiger partial charge is 0.239 e. The minimum Gasteiger partial charge on any atom is -0.336 e. The predicted octanol–water partition coefficient (Wildman–Crippen LogP) is 5.59. The van der Waals surface area contributed by atoms with E-state index < -0.39 is 5.25 Å². The lowest BCUT2D eigenvalue weighted by Gasteiger charge is -2.20. The van der Waals surface area contributed by atoms with Gasteiger partial charge in [-0.15, -0.1) is 21.5 Å². The van der Waals surface area contributed by atoms with Crippen LogP contribution >= 0.6 is 46.3 Å². The Hall–Kier alpha value is -1.81. The summed E-state index contributed by atoms with van der Waals surface area (Å²) in [5.41, 5.74) is 1.55. The second kappa shape index (κ2) is 9.77. The number of rotatable bonds is 6. The first-order valence-electron chi connectivity index (χ1n) is 10.0. The monoisotopic (exact) mass is 496 g/mol. The van der Waals surface area contributed by atoms with Crippen LogP contribution in [0.25, 0.3) is 11.3 Å². The van der Waals surface area contributed by atoms with Gasteiger partial charge in [-0.25, -0.2) is 9.66 Å². The number of carbonyl (C=O) groups is 1. The molecule has 0 saturated heterocycles. The van der Waals surface area contributed by atoms with Crippen LogP contribution in [0.1, 0.15) is 50.8 Å². The van der Waals surface area contributed by atoms with Gasteiger partial charge in [0.2, 0.25) is 11.1 Å². The van der Waals surface area contributed by atoms with Gasteiger partial charge in [-0.3, -0.25) is 4.79 Å². The third-order valence-electron chi connectivity index (χ3n) is 5.26. The van der Waals surface area contributed by atoms with E-state index in [-0.39, 0.29) is 5.91 Å². The van der Waals surface area contributed by atoms with Crippen LogP contribution in [-0.2, 0) is 4.79 Å². The highest BCUT2D eigenvalue weighted by Gasteiger charge is 2.25. The van der Waals surface area contributed by atoms with Crippen molar-refractivity contribution in [2.24, 2.45) is 0 Å². The zero-order chi connectivity index (χ0) is 22.0. The van der Waals surface area contributed by atoms with Crippen molar-refractivity contribution in [1.29, 1.82) is 0 Å². The Labute approximate surface area is 198 Å². The molecule has 164 valence electrons. The van der Waals surface area contributed by atoms with E-state index in [2.05, 4.69) is 20.5 Å². The van der Waals surface area contributed by atoms with E-state index in [1.54, 1.807) is 12.1 Å². The normalized spacial score (nSPS) is 15.7. The maximum absolute atomic E-state index is 12.7. The van der Waals surface area contributed by atoms with Crippen LogP contribution in [0.2, 0.25) is 10.0 Å². The van der Waals surface area contributed by atoms with Crippen molar-refractivity contribution in [1.82, 2.24) is 19.9 Å². The van der Waals surface area contributed by atoms with Gasteiger partial charge >= 0.3 is 0 Å². The average molecular weight is 497 g/mol. The Morgan fingerprint density at radius 2 is 2.03 bits per heavy atom. The first-order valence-corrected chi connectivity index (χ1v) is 12.5. The molecule has 1 atom stereocenters. The van der Waals surface area contributed by atoms with Crippen LogP contribution in [0.5, 0.6) is 0 Å². The third kappa shape index (κ3) is 5.16. The topological polar surface area (TPSA) is 98.7 Å². The number of carbonyl (C=O) groups excluding carboxylic acids is 1. The number of benzene rings is 1. The summed E-state index contributed by atoms with van der Waals surface area (Å²) in [6, 6.07) is 5.31. The molecule has 2 aromatic heterocycles. The molecule has 0 radical (unpaired) electrons. The fraction of sp³-hybridized carbons (Fsp3) is 0.400. The molecule has 1 aliphatic carbocycles. The fourth-order valence-corrected chi connectivity index (χ4v) is 5.34. The molecule has 3 N–H and O–H groups in total. The average Bonchev–Trinajstić information content (AvgIpc) is 3.38. The second-order valence-electron chi connectivity index (χ2n) is 7.46. The lowest BCUT2D eigenvalue weighted by Crippen LogP contribution is -2.24. The van der Waals surface area contributed by atoms with Gasteiger partial charge in [0.1, 0.15) is 0 Å². The predicted molar refractivity (Wildman–Crippen MR) is 128 cm³/mol. The fourth-order valence-electron chi connectivity index (χ4n) is 3.55. The summed E-state index contributed by atoms with van der Waals surface area (Å²) in [6.07, 6.45) is 5.81. The molecule has 1 fully saturated rings. The Kier molecular flexibility index (Phi) is 7.05. The summed E-state index contributed by atoms with van der Waals surface area (Å²) in [7, 11) is 0. The highest BCUT2D eigenvalue weighted by Crippen LogP contribution is 2.33. The molecule has 7 nitrogen and oxygen atoms in total. The number of nitrogen functional groups attached to an aromatic ring is 1.